The summed E-state index contributed by atoms with van der Waals surface area (Å²) in [6.45, 7) is 5.43. The highest BCUT2D eigenvalue weighted by molar-refractivity contribution is 5.79. The summed E-state index contributed by atoms with van der Waals surface area (Å²) in [7, 11) is 1.37. The third-order valence-electron chi connectivity index (χ3n) is 9.41. The molecule has 42 heavy (non-hydrogen) atoms. The normalized spacial score (nSPS) is 25.3. The fourth-order valence-corrected chi connectivity index (χ4v) is 6.88. The highest BCUT2D eigenvalue weighted by atomic mass is 19.4. The lowest BCUT2D eigenvalue weighted by molar-refractivity contribution is -0.138. The highest BCUT2D eigenvalue weighted by Crippen LogP contribution is 2.37. The van der Waals surface area contributed by atoms with Crippen LogP contribution in [0, 0.1) is 11.8 Å². The minimum Gasteiger partial charge on any atom is -0.453 e. The van der Waals surface area contributed by atoms with Gasteiger partial charge >= 0.3 is 18.4 Å². The molecule has 1 saturated carbocycles. The van der Waals surface area contributed by atoms with E-state index in [1.165, 1.54) is 19.2 Å². The molecule has 5 rings (SSSR count). The Morgan fingerprint density at radius 1 is 0.952 bits per heavy atom. The van der Waals surface area contributed by atoms with Crippen molar-refractivity contribution >= 4 is 18.1 Å². The molecule has 1 aromatic carbocycles. The highest BCUT2D eigenvalue weighted by Gasteiger charge is 2.47. The number of rotatable bonds is 5. The number of ether oxygens (including phenoxy) is 2. The maximum atomic E-state index is 13.2. The molecule has 1 aliphatic carbocycles. The van der Waals surface area contributed by atoms with Crippen LogP contribution >= 0.6 is 0 Å². The number of carbonyl (C=O) groups excluding carboxylic acids is 3. The molecule has 0 atom stereocenters. The molecule has 9 nitrogen and oxygen atoms in total. The van der Waals surface area contributed by atoms with Gasteiger partial charge in [0.05, 0.1) is 19.2 Å². The van der Waals surface area contributed by atoms with Crippen molar-refractivity contribution in [3.8, 4) is 0 Å². The molecule has 3 saturated heterocycles. The SMILES string of the molecule is COC(=O)N1CCCN(C(=O)C2CCC(CN3CC4(CCN(Cc5ccc(C(F)(F)F)cc5)CC4)OC3=O)CC2)CC1. The Labute approximate surface area is 244 Å². The van der Waals surface area contributed by atoms with Crippen molar-refractivity contribution in [1.29, 1.82) is 0 Å². The van der Waals surface area contributed by atoms with Crippen molar-refractivity contribution in [3.05, 3.63) is 35.4 Å². The van der Waals surface area contributed by atoms with Crippen molar-refractivity contribution in [2.24, 2.45) is 11.8 Å². The van der Waals surface area contributed by atoms with Crippen LogP contribution in [-0.4, -0.2) is 103 Å². The van der Waals surface area contributed by atoms with Gasteiger partial charge in [-0.3, -0.25) is 9.69 Å². The summed E-state index contributed by atoms with van der Waals surface area (Å²) in [5, 5.41) is 0. The van der Waals surface area contributed by atoms with Crippen LogP contribution in [0.1, 0.15) is 56.1 Å². The van der Waals surface area contributed by atoms with Gasteiger partial charge in [-0.15, -0.1) is 0 Å². The average Bonchev–Trinajstić information content (AvgIpc) is 3.12. The van der Waals surface area contributed by atoms with Gasteiger partial charge in [0, 0.05) is 71.1 Å². The lowest BCUT2D eigenvalue weighted by Crippen LogP contribution is -2.47. The van der Waals surface area contributed by atoms with Crippen molar-refractivity contribution < 1.29 is 37.0 Å². The van der Waals surface area contributed by atoms with Crippen LogP contribution in [0.3, 0.4) is 0 Å². The van der Waals surface area contributed by atoms with Crippen LogP contribution < -0.4 is 0 Å². The largest absolute Gasteiger partial charge is 0.453 e. The summed E-state index contributed by atoms with van der Waals surface area (Å²) in [4.78, 5) is 45.4. The Balaban J connectivity index is 1.04. The number of alkyl halides is 3. The average molecular weight is 595 g/mol. The van der Waals surface area contributed by atoms with E-state index in [0.717, 1.165) is 49.8 Å². The Bertz CT molecular complexity index is 1110. The number of amides is 3. The minimum absolute atomic E-state index is 0.0169. The summed E-state index contributed by atoms with van der Waals surface area (Å²) in [6, 6.07) is 5.30. The molecule has 0 radical (unpaired) electrons. The first-order valence-electron chi connectivity index (χ1n) is 15.0. The topological polar surface area (TPSA) is 82.6 Å². The molecule has 0 bridgehead atoms. The van der Waals surface area contributed by atoms with E-state index in [0.29, 0.717) is 77.7 Å². The zero-order valence-corrected chi connectivity index (χ0v) is 24.2. The van der Waals surface area contributed by atoms with E-state index in [1.54, 1.807) is 4.90 Å². The molecule has 3 amide bonds. The molecule has 12 heteroatoms. The van der Waals surface area contributed by atoms with E-state index in [1.807, 2.05) is 9.80 Å². The number of hydrogen-bond donors (Lipinski definition) is 0. The van der Waals surface area contributed by atoms with Crippen LogP contribution in [0.2, 0.25) is 0 Å². The van der Waals surface area contributed by atoms with Crippen molar-refractivity contribution in [2.45, 2.75) is 63.3 Å². The molecule has 4 aliphatic rings. The Kier molecular flexibility index (Phi) is 9.20. The number of hydrogen-bond acceptors (Lipinski definition) is 6. The summed E-state index contributed by atoms with van der Waals surface area (Å²) in [6.07, 6.45) is 0.532. The minimum atomic E-state index is -4.34. The number of likely N-dealkylation sites (tertiary alicyclic amines) is 1. The van der Waals surface area contributed by atoms with Crippen molar-refractivity contribution in [3.63, 3.8) is 0 Å². The summed E-state index contributed by atoms with van der Waals surface area (Å²) < 4.78 is 49.3. The molecule has 4 fully saturated rings. The Morgan fingerprint density at radius 3 is 2.24 bits per heavy atom. The van der Waals surface area contributed by atoms with E-state index in [-0.39, 0.29) is 24.0 Å². The standard InChI is InChI=1S/C30H41F3N4O5/c1-41-27(39)36-14-2-13-35(17-18-36)26(38)24-7-3-23(4-8-24)20-37-21-29(42-28(37)40)11-15-34(16-12-29)19-22-5-9-25(10-6-22)30(31,32)33/h5-6,9-10,23-24H,2-4,7-8,11-21H2,1H3. The Hall–Kier alpha value is -3.02. The fraction of sp³-hybridized carbons (Fsp3) is 0.700. The third kappa shape index (κ3) is 7.12. The molecule has 3 aliphatic heterocycles. The summed E-state index contributed by atoms with van der Waals surface area (Å²) >= 11 is 0. The number of halogens is 3. The first-order chi connectivity index (χ1) is 20.0. The maximum absolute atomic E-state index is 13.2. The van der Waals surface area contributed by atoms with Gasteiger partial charge in [0.25, 0.3) is 0 Å². The van der Waals surface area contributed by atoms with Crippen molar-refractivity contribution in [1.82, 2.24) is 19.6 Å². The zero-order chi connectivity index (χ0) is 29.9. The molecule has 0 N–H and O–H groups in total. The summed E-state index contributed by atoms with van der Waals surface area (Å²) in [5.41, 5.74) is -0.323. The second-order valence-electron chi connectivity index (χ2n) is 12.3. The molecule has 0 unspecified atom stereocenters. The van der Waals surface area contributed by atoms with Gasteiger partial charge < -0.3 is 24.2 Å². The van der Waals surface area contributed by atoms with Gasteiger partial charge in [-0.25, -0.2) is 9.59 Å². The Morgan fingerprint density at radius 2 is 1.60 bits per heavy atom. The molecule has 1 aromatic rings. The fourth-order valence-electron chi connectivity index (χ4n) is 6.88. The van der Waals surface area contributed by atoms with Crippen LogP contribution in [0.4, 0.5) is 22.8 Å². The predicted octanol–water partition coefficient (Wildman–Crippen LogP) is 4.60. The van der Waals surface area contributed by atoms with Gasteiger partial charge in [0.1, 0.15) is 5.60 Å². The number of piperidine rings is 1. The van der Waals surface area contributed by atoms with E-state index in [2.05, 4.69) is 4.90 Å². The zero-order valence-electron chi connectivity index (χ0n) is 24.2. The van der Waals surface area contributed by atoms with E-state index in [9.17, 15) is 27.6 Å². The van der Waals surface area contributed by atoms with E-state index >= 15 is 0 Å². The van der Waals surface area contributed by atoms with E-state index < -0.39 is 17.3 Å². The number of methoxy groups -OCH3 is 1. The number of benzene rings is 1. The van der Waals surface area contributed by atoms with Gasteiger partial charge in [0.15, 0.2) is 0 Å². The van der Waals surface area contributed by atoms with Gasteiger partial charge in [-0.05, 0) is 55.7 Å². The molecule has 3 heterocycles. The predicted molar refractivity (Wildman–Crippen MR) is 147 cm³/mol. The second-order valence-corrected chi connectivity index (χ2v) is 12.3. The smallest absolute Gasteiger partial charge is 0.416 e. The summed E-state index contributed by atoms with van der Waals surface area (Å²) in [5.74, 6) is 0.481. The molecule has 1 spiro atoms. The monoisotopic (exact) mass is 594 g/mol. The lowest BCUT2D eigenvalue weighted by atomic mass is 9.81. The van der Waals surface area contributed by atoms with Gasteiger partial charge in [-0.2, -0.15) is 13.2 Å². The number of nitrogens with zero attached hydrogens (tertiary/aromatic N) is 4. The third-order valence-corrected chi connectivity index (χ3v) is 9.41. The van der Waals surface area contributed by atoms with Crippen LogP contribution in [0.25, 0.3) is 0 Å². The van der Waals surface area contributed by atoms with Crippen molar-refractivity contribution in [2.75, 3.05) is 59.5 Å². The lowest BCUT2D eigenvalue weighted by Gasteiger charge is -2.37. The molecule has 0 aromatic heterocycles. The molecular weight excluding hydrogens is 553 g/mol. The van der Waals surface area contributed by atoms with Crippen LogP contribution in [-0.2, 0) is 27.0 Å². The first kappa shape index (κ1) is 30.4. The van der Waals surface area contributed by atoms with Gasteiger partial charge in [0.2, 0.25) is 5.91 Å². The second kappa shape index (κ2) is 12.7. The molecule has 232 valence electrons. The number of carbonyl (C=O) groups is 3. The quantitative estimate of drug-likeness (QED) is 0.496. The van der Waals surface area contributed by atoms with Gasteiger partial charge in [-0.1, -0.05) is 12.1 Å². The molecular formula is C30H41F3N4O5. The van der Waals surface area contributed by atoms with Crippen LogP contribution in [0.5, 0.6) is 0 Å². The van der Waals surface area contributed by atoms with E-state index in [4.69, 9.17) is 9.47 Å². The van der Waals surface area contributed by atoms with Crippen LogP contribution in [0.15, 0.2) is 24.3 Å². The maximum Gasteiger partial charge on any atom is 0.416 e. The first-order valence-corrected chi connectivity index (χ1v) is 15.0.